The molecule has 0 bridgehead atoms. The molecule has 1 aromatic rings. The predicted molar refractivity (Wildman–Crippen MR) is 73.8 cm³/mol. The quantitative estimate of drug-likeness (QED) is 0.872. The third-order valence-corrected chi connectivity index (χ3v) is 4.39. The van der Waals surface area contributed by atoms with Gasteiger partial charge >= 0.3 is 0 Å². The van der Waals surface area contributed by atoms with Crippen molar-refractivity contribution in [1.29, 1.82) is 0 Å². The molecule has 2 nitrogen and oxygen atoms in total. The number of aliphatic hydroxyl groups is 1. The minimum atomic E-state index is 0.274. The number of hydrogen-bond donors (Lipinski definition) is 1. The Morgan fingerprint density at radius 1 is 1.44 bits per heavy atom. The van der Waals surface area contributed by atoms with E-state index in [1.807, 2.05) is 0 Å². The second-order valence-corrected chi connectivity index (χ2v) is 7.14. The molecule has 0 spiro atoms. The molecule has 0 radical (unpaired) electrons. The van der Waals surface area contributed by atoms with Crippen LogP contribution in [0.1, 0.15) is 18.7 Å². The van der Waals surface area contributed by atoms with Crippen LogP contribution in [0.3, 0.4) is 0 Å². The minimum Gasteiger partial charge on any atom is -0.396 e. The molecule has 1 rings (SSSR count). The number of nitrogens with zero attached hydrogens (tertiary/aromatic N) is 1. The SMILES string of the molecule is CC(C)C(CO)CN(C)Cc1ccc(Br)s1. The summed E-state index contributed by atoms with van der Waals surface area (Å²) < 4.78 is 1.18. The lowest BCUT2D eigenvalue weighted by molar-refractivity contribution is 0.144. The van der Waals surface area contributed by atoms with Crippen LogP contribution in [0.15, 0.2) is 15.9 Å². The summed E-state index contributed by atoms with van der Waals surface area (Å²) in [4.78, 5) is 3.63. The molecule has 0 aromatic carbocycles. The Balaban J connectivity index is 2.43. The third kappa shape index (κ3) is 4.53. The predicted octanol–water partition coefficient (Wildman–Crippen LogP) is 3.21. The van der Waals surface area contributed by atoms with Crippen LogP contribution in [0.5, 0.6) is 0 Å². The lowest BCUT2D eigenvalue weighted by Crippen LogP contribution is -2.30. The molecule has 0 saturated heterocycles. The Morgan fingerprint density at radius 2 is 2.12 bits per heavy atom. The Bertz CT molecular complexity index is 314. The van der Waals surface area contributed by atoms with Crippen LogP contribution in [-0.2, 0) is 6.54 Å². The van der Waals surface area contributed by atoms with Crippen LogP contribution >= 0.6 is 27.3 Å². The molecule has 92 valence electrons. The highest BCUT2D eigenvalue weighted by Crippen LogP contribution is 2.23. The van der Waals surface area contributed by atoms with Gasteiger partial charge in [-0.2, -0.15) is 0 Å². The molecular formula is C12H20BrNOS. The largest absolute Gasteiger partial charge is 0.396 e. The van der Waals surface area contributed by atoms with Gasteiger partial charge in [0.2, 0.25) is 0 Å². The van der Waals surface area contributed by atoms with Gasteiger partial charge in [0.05, 0.1) is 3.79 Å². The zero-order valence-electron chi connectivity index (χ0n) is 10.1. The molecule has 1 unspecified atom stereocenters. The summed E-state index contributed by atoms with van der Waals surface area (Å²) in [7, 11) is 2.11. The first-order chi connectivity index (χ1) is 7.52. The van der Waals surface area contributed by atoms with Crippen molar-refractivity contribution in [1.82, 2.24) is 4.90 Å². The second kappa shape index (κ2) is 6.74. The molecule has 1 heterocycles. The molecular weight excluding hydrogens is 286 g/mol. The fourth-order valence-electron chi connectivity index (χ4n) is 1.65. The number of rotatable bonds is 6. The minimum absolute atomic E-state index is 0.274. The first-order valence-corrected chi connectivity index (χ1v) is 7.17. The molecule has 0 aliphatic rings. The van der Waals surface area contributed by atoms with Crippen molar-refractivity contribution in [2.75, 3.05) is 20.2 Å². The van der Waals surface area contributed by atoms with Crippen molar-refractivity contribution in [3.05, 3.63) is 20.8 Å². The van der Waals surface area contributed by atoms with E-state index in [0.29, 0.717) is 11.8 Å². The summed E-state index contributed by atoms with van der Waals surface area (Å²) in [5, 5.41) is 9.28. The standard InChI is InChI=1S/C12H20BrNOS/c1-9(2)10(8-15)6-14(3)7-11-4-5-12(13)16-11/h4-5,9-10,15H,6-8H2,1-3H3. The maximum atomic E-state index is 9.28. The van der Waals surface area contributed by atoms with Crippen LogP contribution < -0.4 is 0 Å². The van der Waals surface area contributed by atoms with E-state index in [9.17, 15) is 5.11 Å². The van der Waals surface area contributed by atoms with Crippen LogP contribution in [0.2, 0.25) is 0 Å². The Hall–Kier alpha value is 0.1000. The van der Waals surface area contributed by atoms with Crippen LogP contribution in [0.4, 0.5) is 0 Å². The first kappa shape index (κ1) is 14.2. The summed E-state index contributed by atoms with van der Waals surface area (Å²) in [6.45, 7) is 6.51. The van der Waals surface area contributed by atoms with Gasteiger partial charge in [0, 0.05) is 24.6 Å². The molecule has 0 aliphatic carbocycles. The Labute approximate surface area is 110 Å². The average Bonchev–Trinajstić information content (AvgIpc) is 2.60. The lowest BCUT2D eigenvalue weighted by Gasteiger charge is -2.24. The van der Waals surface area contributed by atoms with Gasteiger partial charge in [0.15, 0.2) is 0 Å². The summed E-state index contributed by atoms with van der Waals surface area (Å²) in [6.07, 6.45) is 0. The van der Waals surface area contributed by atoms with Crippen molar-refractivity contribution in [3.8, 4) is 0 Å². The molecule has 0 fully saturated rings. The molecule has 1 N–H and O–H groups in total. The van der Waals surface area contributed by atoms with Crippen molar-refractivity contribution >= 4 is 27.3 Å². The van der Waals surface area contributed by atoms with E-state index in [1.165, 1.54) is 8.66 Å². The monoisotopic (exact) mass is 305 g/mol. The average molecular weight is 306 g/mol. The first-order valence-electron chi connectivity index (χ1n) is 5.56. The maximum absolute atomic E-state index is 9.28. The number of aliphatic hydroxyl groups excluding tert-OH is 1. The van der Waals surface area contributed by atoms with Crippen LogP contribution in [-0.4, -0.2) is 30.2 Å². The van der Waals surface area contributed by atoms with Gasteiger partial charge in [-0.15, -0.1) is 11.3 Å². The number of thiophene rings is 1. The summed E-state index contributed by atoms with van der Waals surface area (Å²) in [5.41, 5.74) is 0. The molecule has 16 heavy (non-hydrogen) atoms. The van der Waals surface area contributed by atoms with E-state index in [2.05, 4.69) is 53.9 Å². The smallest absolute Gasteiger partial charge is 0.0701 e. The van der Waals surface area contributed by atoms with E-state index >= 15 is 0 Å². The Morgan fingerprint density at radius 3 is 2.56 bits per heavy atom. The number of hydrogen-bond acceptors (Lipinski definition) is 3. The zero-order chi connectivity index (χ0) is 12.1. The highest BCUT2D eigenvalue weighted by molar-refractivity contribution is 9.11. The molecule has 0 aliphatic heterocycles. The van der Waals surface area contributed by atoms with Gasteiger partial charge in [0.25, 0.3) is 0 Å². The van der Waals surface area contributed by atoms with Gasteiger partial charge < -0.3 is 10.0 Å². The molecule has 1 atom stereocenters. The molecule has 0 amide bonds. The van der Waals surface area contributed by atoms with E-state index in [0.717, 1.165) is 13.1 Å². The summed E-state index contributed by atoms with van der Waals surface area (Å²) in [5.74, 6) is 0.899. The van der Waals surface area contributed by atoms with E-state index in [1.54, 1.807) is 11.3 Å². The van der Waals surface area contributed by atoms with E-state index in [4.69, 9.17) is 0 Å². The van der Waals surface area contributed by atoms with Gasteiger partial charge in [-0.1, -0.05) is 13.8 Å². The van der Waals surface area contributed by atoms with Crippen molar-refractivity contribution < 1.29 is 5.11 Å². The highest BCUT2D eigenvalue weighted by atomic mass is 79.9. The Kier molecular flexibility index (Phi) is 5.97. The topological polar surface area (TPSA) is 23.5 Å². The van der Waals surface area contributed by atoms with Crippen LogP contribution in [0, 0.1) is 11.8 Å². The fourth-order valence-corrected chi connectivity index (χ4v) is 3.21. The van der Waals surface area contributed by atoms with Gasteiger partial charge in [0.1, 0.15) is 0 Å². The fraction of sp³-hybridized carbons (Fsp3) is 0.667. The van der Waals surface area contributed by atoms with Crippen molar-refractivity contribution in [2.24, 2.45) is 11.8 Å². The lowest BCUT2D eigenvalue weighted by atomic mass is 9.96. The summed E-state index contributed by atoms with van der Waals surface area (Å²) in [6, 6.07) is 4.23. The molecule has 1 aromatic heterocycles. The normalized spacial score (nSPS) is 13.7. The van der Waals surface area contributed by atoms with Gasteiger partial charge in [-0.05, 0) is 46.9 Å². The molecule has 0 saturated carbocycles. The third-order valence-electron chi connectivity index (χ3n) is 2.78. The zero-order valence-corrected chi connectivity index (χ0v) is 12.5. The molecule has 4 heteroatoms. The van der Waals surface area contributed by atoms with Crippen LogP contribution in [0.25, 0.3) is 0 Å². The van der Waals surface area contributed by atoms with Gasteiger partial charge in [-0.3, -0.25) is 0 Å². The van der Waals surface area contributed by atoms with Gasteiger partial charge in [-0.25, -0.2) is 0 Å². The second-order valence-electron chi connectivity index (χ2n) is 4.59. The van der Waals surface area contributed by atoms with Crippen molar-refractivity contribution in [2.45, 2.75) is 20.4 Å². The number of halogens is 1. The highest BCUT2D eigenvalue weighted by Gasteiger charge is 2.15. The van der Waals surface area contributed by atoms with E-state index < -0.39 is 0 Å². The van der Waals surface area contributed by atoms with Crippen molar-refractivity contribution in [3.63, 3.8) is 0 Å². The van der Waals surface area contributed by atoms with E-state index in [-0.39, 0.29) is 6.61 Å². The summed E-state index contributed by atoms with van der Waals surface area (Å²) >= 11 is 5.24. The maximum Gasteiger partial charge on any atom is 0.0701 e.